The highest BCUT2D eigenvalue weighted by molar-refractivity contribution is 8.14. The van der Waals surface area contributed by atoms with E-state index in [1.54, 1.807) is 16.7 Å². The summed E-state index contributed by atoms with van der Waals surface area (Å²) in [7, 11) is 0. The van der Waals surface area contributed by atoms with Crippen molar-refractivity contribution in [2.24, 2.45) is 4.99 Å². The molecule has 8 heteroatoms. The van der Waals surface area contributed by atoms with Gasteiger partial charge in [0.05, 0.1) is 40.7 Å². The number of carbonyl (C=O) groups is 1. The lowest BCUT2D eigenvalue weighted by Crippen LogP contribution is -2.40. The first-order chi connectivity index (χ1) is 16.9. The molecule has 5 rings (SSSR count). The monoisotopic (exact) mass is 490 g/mol. The van der Waals surface area contributed by atoms with E-state index in [2.05, 4.69) is 29.6 Å². The van der Waals surface area contributed by atoms with E-state index < -0.39 is 6.10 Å². The zero-order valence-corrected chi connectivity index (χ0v) is 20.8. The minimum Gasteiger partial charge on any atom is -0.490 e. The van der Waals surface area contributed by atoms with Gasteiger partial charge in [-0.15, -0.1) is 0 Å². The van der Waals surface area contributed by atoms with E-state index in [0.717, 1.165) is 23.4 Å². The molecule has 2 aliphatic heterocycles. The number of aliphatic hydroxyl groups excluding tert-OH is 1. The highest BCUT2D eigenvalue weighted by Gasteiger charge is 2.33. The van der Waals surface area contributed by atoms with Crippen LogP contribution in [0.4, 0.5) is 4.79 Å². The van der Waals surface area contributed by atoms with Crippen LogP contribution in [0.15, 0.2) is 41.4 Å². The van der Waals surface area contributed by atoms with E-state index in [9.17, 15) is 15.2 Å². The maximum atomic E-state index is 12.7. The van der Waals surface area contributed by atoms with Crippen LogP contribution in [0.5, 0.6) is 5.75 Å². The summed E-state index contributed by atoms with van der Waals surface area (Å²) in [5, 5.41) is 23.7. The van der Waals surface area contributed by atoms with Crippen molar-refractivity contribution >= 4 is 22.8 Å². The number of rotatable bonds is 5. The molecule has 2 amide bonds. The highest BCUT2D eigenvalue weighted by Crippen LogP contribution is 2.43. The van der Waals surface area contributed by atoms with Crippen molar-refractivity contribution in [2.45, 2.75) is 56.6 Å². The number of aliphatic imine (C=N–C) groups is 1. The Balaban J connectivity index is 1.29. The lowest BCUT2D eigenvalue weighted by Gasteiger charge is -2.21. The number of β-amino-alcohol motifs (C(OH)–C–C–N with tert-alkyl or cyclic N) is 1. The minimum atomic E-state index is -0.417. The van der Waals surface area contributed by atoms with Crippen molar-refractivity contribution in [3.8, 4) is 11.8 Å². The van der Waals surface area contributed by atoms with E-state index in [1.807, 2.05) is 32.0 Å². The number of aliphatic hydroxyl groups is 1. The number of nitrogens with zero attached hydrogens (tertiary/aromatic N) is 3. The van der Waals surface area contributed by atoms with Gasteiger partial charge < -0.3 is 20.1 Å². The first kappa shape index (κ1) is 23.7. The molecular weight excluding hydrogens is 460 g/mol. The van der Waals surface area contributed by atoms with Crippen LogP contribution in [0.25, 0.3) is 0 Å². The van der Waals surface area contributed by atoms with Gasteiger partial charge in [-0.1, -0.05) is 30.0 Å². The molecule has 0 saturated carbocycles. The molecule has 0 spiro atoms. The van der Waals surface area contributed by atoms with Crippen LogP contribution in [0.2, 0.25) is 0 Å². The number of nitrogens with one attached hydrogen (secondary N) is 1. The van der Waals surface area contributed by atoms with Crippen LogP contribution >= 0.6 is 11.8 Å². The van der Waals surface area contributed by atoms with Crippen molar-refractivity contribution in [2.75, 3.05) is 19.6 Å². The number of fused-ring (bicyclic) bond motifs is 1. The summed E-state index contributed by atoms with van der Waals surface area (Å²) in [5.74, 6) is 0.601. The van der Waals surface area contributed by atoms with Gasteiger partial charge >= 0.3 is 6.03 Å². The van der Waals surface area contributed by atoms with Gasteiger partial charge in [0.15, 0.2) is 0 Å². The quantitative estimate of drug-likeness (QED) is 0.650. The zero-order valence-electron chi connectivity index (χ0n) is 20.0. The number of hydrogen-bond donors (Lipinski definition) is 2. The van der Waals surface area contributed by atoms with Crippen LogP contribution in [-0.2, 0) is 6.42 Å². The predicted octanol–water partition coefficient (Wildman–Crippen LogP) is 4.34. The van der Waals surface area contributed by atoms with Crippen LogP contribution in [0.3, 0.4) is 0 Å². The Bertz CT molecular complexity index is 1210. The van der Waals surface area contributed by atoms with Gasteiger partial charge in [0.25, 0.3) is 0 Å². The molecule has 3 atom stereocenters. The van der Waals surface area contributed by atoms with Crippen LogP contribution < -0.4 is 10.1 Å². The van der Waals surface area contributed by atoms with E-state index in [0.29, 0.717) is 37.4 Å². The average Bonchev–Trinajstić information content (AvgIpc) is 3.59. The average molecular weight is 491 g/mol. The standard InChI is InChI=1S/C27H30N4O3S/c1-16(2)34-24-9-6-17(12-18(24)13-28)26-29-14-25(35-26)22-5-3-4-21-20(22)7-8-23(21)30-27(33)31-11-10-19(32)15-31/h3-6,9,12,16,19,23,25,32H,7-8,10-11,14-15H2,1-2H3,(H,30,33)/t19-,23?,25?/m0/s1. The van der Waals surface area contributed by atoms with Gasteiger partial charge in [0.1, 0.15) is 11.8 Å². The van der Waals surface area contributed by atoms with E-state index in [1.165, 1.54) is 16.7 Å². The van der Waals surface area contributed by atoms with Crippen molar-refractivity contribution in [3.05, 3.63) is 64.2 Å². The highest BCUT2D eigenvalue weighted by atomic mass is 32.2. The van der Waals surface area contributed by atoms with E-state index in [4.69, 9.17) is 9.73 Å². The summed E-state index contributed by atoms with van der Waals surface area (Å²) in [6, 6.07) is 14.2. The van der Waals surface area contributed by atoms with Crippen LogP contribution in [0, 0.1) is 11.3 Å². The van der Waals surface area contributed by atoms with Gasteiger partial charge in [-0.25, -0.2) is 4.79 Å². The van der Waals surface area contributed by atoms with Crippen molar-refractivity contribution < 1.29 is 14.6 Å². The Morgan fingerprint density at radius 1 is 1.29 bits per heavy atom. The maximum absolute atomic E-state index is 12.7. The topological polar surface area (TPSA) is 97.9 Å². The second-order valence-corrected chi connectivity index (χ2v) is 10.8. The fourth-order valence-corrected chi connectivity index (χ4v) is 6.28. The van der Waals surface area contributed by atoms with Gasteiger partial charge in [-0.05, 0) is 68.0 Å². The van der Waals surface area contributed by atoms with Crippen LogP contribution in [-0.4, -0.2) is 52.9 Å². The summed E-state index contributed by atoms with van der Waals surface area (Å²) < 4.78 is 5.76. The smallest absolute Gasteiger partial charge is 0.317 e. The van der Waals surface area contributed by atoms with Crippen molar-refractivity contribution in [1.82, 2.24) is 10.2 Å². The first-order valence-corrected chi connectivity index (χ1v) is 13.1. The molecule has 2 N–H and O–H groups in total. The van der Waals surface area contributed by atoms with E-state index in [-0.39, 0.29) is 23.4 Å². The fourth-order valence-electron chi connectivity index (χ4n) is 5.10. The molecule has 2 heterocycles. The van der Waals surface area contributed by atoms with Gasteiger partial charge in [-0.3, -0.25) is 4.99 Å². The molecule has 2 aromatic carbocycles. The van der Waals surface area contributed by atoms with Gasteiger partial charge in [-0.2, -0.15) is 5.26 Å². The second kappa shape index (κ2) is 9.92. The Morgan fingerprint density at radius 2 is 2.11 bits per heavy atom. The molecule has 1 fully saturated rings. The molecule has 1 saturated heterocycles. The molecule has 0 radical (unpaired) electrons. The lowest BCUT2D eigenvalue weighted by atomic mass is 9.99. The normalized spacial score (nSPS) is 23.2. The number of carbonyl (C=O) groups excluding carboxylic acids is 1. The molecule has 3 aliphatic rings. The Labute approximate surface area is 210 Å². The molecule has 0 aromatic heterocycles. The largest absolute Gasteiger partial charge is 0.490 e. The second-order valence-electron chi connectivity index (χ2n) is 9.59. The Hall–Kier alpha value is -3.02. The van der Waals surface area contributed by atoms with Gasteiger partial charge in [0.2, 0.25) is 0 Å². The third-order valence-electron chi connectivity index (χ3n) is 6.77. The molecule has 0 bridgehead atoms. The number of thioether (sulfide) groups is 1. The summed E-state index contributed by atoms with van der Waals surface area (Å²) in [6.45, 7) is 5.58. The maximum Gasteiger partial charge on any atom is 0.317 e. The summed E-state index contributed by atoms with van der Waals surface area (Å²) >= 11 is 1.73. The first-order valence-electron chi connectivity index (χ1n) is 12.2. The number of amides is 2. The number of likely N-dealkylation sites (tertiary alicyclic amines) is 1. The van der Waals surface area contributed by atoms with Gasteiger partial charge in [0, 0.05) is 18.7 Å². The number of benzene rings is 2. The molecule has 35 heavy (non-hydrogen) atoms. The van der Waals surface area contributed by atoms with Crippen LogP contribution in [0.1, 0.15) is 65.8 Å². The summed E-state index contributed by atoms with van der Waals surface area (Å²) in [6.07, 6.45) is 2.03. The predicted molar refractivity (Wildman–Crippen MR) is 137 cm³/mol. The number of hydrogen-bond acceptors (Lipinski definition) is 6. The molecular formula is C27H30N4O3S. The molecule has 182 valence electrons. The van der Waals surface area contributed by atoms with E-state index >= 15 is 0 Å². The van der Waals surface area contributed by atoms with Crippen molar-refractivity contribution in [1.29, 1.82) is 5.26 Å². The lowest BCUT2D eigenvalue weighted by molar-refractivity contribution is 0.170. The summed E-state index contributed by atoms with van der Waals surface area (Å²) in [5.41, 5.74) is 5.24. The third-order valence-corrected chi connectivity index (χ3v) is 8.04. The number of nitriles is 1. The van der Waals surface area contributed by atoms with Crippen molar-refractivity contribution in [3.63, 3.8) is 0 Å². The molecule has 7 nitrogen and oxygen atoms in total. The summed E-state index contributed by atoms with van der Waals surface area (Å²) in [4.78, 5) is 19.2. The minimum absolute atomic E-state index is 0.00579. The Kier molecular flexibility index (Phi) is 6.72. The molecule has 2 unspecified atom stereocenters. The Morgan fingerprint density at radius 3 is 2.86 bits per heavy atom. The molecule has 1 aliphatic carbocycles. The zero-order chi connectivity index (χ0) is 24.5. The third kappa shape index (κ3) is 4.89. The fraction of sp³-hybridized carbons (Fsp3) is 0.444. The SMILES string of the molecule is CC(C)Oc1ccc(C2=NCC(c3cccc4c3CCC4NC(=O)N3CC[C@H](O)C3)S2)cc1C#N. The number of urea groups is 1. The number of ether oxygens (including phenoxy) is 1. The molecule has 2 aromatic rings.